The first-order valence-electron chi connectivity index (χ1n) is 7.14. The van der Waals surface area contributed by atoms with Crippen molar-refractivity contribution in [3.05, 3.63) is 35.4 Å². The summed E-state index contributed by atoms with van der Waals surface area (Å²) in [5, 5.41) is 3.38. The van der Waals surface area contributed by atoms with Gasteiger partial charge in [0.25, 0.3) is 0 Å². The molecule has 2 unspecified atom stereocenters. The average Bonchev–Trinajstić information content (AvgIpc) is 2.53. The maximum atomic E-state index is 3.38. The van der Waals surface area contributed by atoms with E-state index in [0.29, 0.717) is 6.04 Å². The minimum absolute atomic E-state index is 0.571. The van der Waals surface area contributed by atoms with Gasteiger partial charge in [0.1, 0.15) is 0 Å². The van der Waals surface area contributed by atoms with Gasteiger partial charge in [-0.1, -0.05) is 30.7 Å². The van der Waals surface area contributed by atoms with E-state index in [4.69, 9.17) is 0 Å². The first kappa shape index (κ1) is 13.6. The summed E-state index contributed by atoms with van der Waals surface area (Å²) in [6.07, 6.45) is 4.03. The van der Waals surface area contributed by atoms with Gasteiger partial charge < -0.3 is 5.32 Å². The molecule has 2 rings (SSSR count). The molecule has 0 radical (unpaired) electrons. The highest BCUT2D eigenvalue weighted by atomic mass is 15.1. The van der Waals surface area contributed by atoms with Crippen LogP contribution in [0.5, 0.6) is 0 Å². The van der Waals surface area contributed by atoms with Gasteiger partial charge in [0.2, 0.25) is 0 Å². The van der Waals surface area contributed by atoms with Gasteiger partial charge >= 0.3 is 0 Å². The summed E-state index contributed by atoms with van der Waals surface area (Å²) < 4.78 is 0. The molecule has 0 spiro atoms. The number of aryl methyl sites for hydroxylation is 1. The molecular formula is C16H26N2. The number of benzene rings is 1. The van der Waals surface area contributed by atoms with Crippen LogP contribution in [0.4, 0.5) is 0 Å². The van der Waals surface area contributed by atoms with Crippen molar-refractivity contribution in [3.8, 4) is 0 Å². The molecule has 1 aliphatic rings. The third-order valence-corrected chi connectivity index (χ3v) is 4.23. The van der Waals surface area contributed by atoms with Crippen molar-refractivity contribution in [3.63, 3.8) is 0 Å². The van der Waals surface area contributed by atoms with E-state index in [1.807, 2.05) is 0 Å². The molecule has 1 saturated heterocycles. The van der Waals surface area contributed by atoms with Crippen LogP contribution in [0.1, 0.15) is 36.4 Å². The van der Waals surface area contributed by atoms with Crippen LogP contribution in [-0.4, -0.2) is 32.1 Å². The Morgan fingerprint density at radius 2 is 2.06 bits per heavy atom. The van der Waals surface area contributed by atoms with E-state index in [9.17, 15) is 0 Å². The molecule has 100 valence electrons. The van der Waals surface area contributed by atoms with Gasteiger partial charge in [-0.2, -0.15) is 0 Å². The highest BCUT2D eigenvalue weighted by Gasteiger charge is 2.29. The van der Waals surface area contributed by atoms with Crippen molar-refractivity contribution < 1.29 is 0 Å². The quantitative estimate of drug-likeness (QED) is 0.882. The lowest BCUT2D eigenvalue weighted by molar-refractivity contribution is 0.190. The predicted octanol–water partition coefficient (Wildman–Crippen LogP) is 2.99. The minimum Gasteiger partial charge on any atom is -0.319 e. The Morgan fingerprint density at radius 1 is 1.28 bits per heavy atom. The molecule has 2 nitrogen and oxygen atoms in total. The van der Waals surface area contributed by atoms with E-state index in [0.717, 1.165) is 12.5 Å². The summed E-state index contributed by atoms with van der Waals surface area (Å²) in [5.41, 5.74) is 2.94. The van der Waals surface area contributed by atoms with E-state index in [-0.39, 0.29) is 0 Å². The zero-order chi connectivity index (χ0) is 13.0. The highest BCUT2D eigenvalue weighted by molar-refractivity contribution is 5.29. The van der Waals surface area contributed by atoms with Crippen molar-refractivity contribution in [1.29, 1.82) is 0 Å². The second-order valence-electron chi connectivity index (χ2n) is 5.60. The van der Waals surface area contributed by atoms with Crippen LogP contribution in [0.3, 0.4) is 0 Å². The molecule has 0 amide bonds. The fourth-order valence-electron chi connectivity index (χ4n) is 3.31. The molecule has 2 heteroatoms. The second kappa shape index (κ2) is 6.35. The van der Waals surface area contributed by atoms with Crippen molar-refractivity contribution >= 4 is 0 Å². The lowest BCUT2D eigenvalue weighted by atomic mass is 9.87. The predicted molar refractivity (Wildman–Crippen MR) is 77.8 cm³/mol. The smallest absolute Gasteiger partial charge is 0.0387 e. The van der Waals surface area contributed by atoms with Gasteiger partial charge in [0.05, 0.1) is 0 Å². The molecule has 1 aromatic carbocycles. The molecule has 0 aliphatic carbocycles. The van der Waals surface area contributed by atoms with Gasteiger partial charge in [-0.15, -0.1) is 0 Å². The van der Waals surface area contributed by atoms with Crippen LogP contribution < -0.4 is 5.32 Å². The standard InChI is InChI=1S/C16H26N2/c1-13-8-4-5-10-15(13)16-14(12-17-2)9-6-7-11-18(16)3/h4-5,8,10,14,16-17H,6-7,9,11-12H2,1-3H3. The molecule has 1 N–H and O–H groups in total. The lowest BCUT2D eigenvalue weighted by Crippen LogP contribution is -2.34. The number of nitrogens with zero attached hydrogens (tertiary/aromatic N) is 1. The zero-order valence-corrected chi connectivity index (χ0v) is 11.9. The van der Waals surface area contributed by atoms with Crippen LogP contribution in [0.2, 0.25) is 0 Å². The summed E-state index contributed by atoms with van der Waals surface area (Å²) in [6, 6.07) is 9.44. The molecule has 2 atom stereocenters. The molecule has 18 heavy (non-hydrogen) atoms. The second-order valence-corrected chi connectivity index (χ2v) is 5.60. The van der Waals surface area contributed by atoms with Crippen LogP contribution in [-0.2, 0) is 0 Å². The number of hydrogen-bond acceptors (Lipinski definition) is 2. The number of likely N-dealkylation sites (tertiary alicyclic amines) is 1. The highest BCUT2D eigenvalue weighted by Crippen LogP contribution is 2.35. The van der Waals surface area contributed by atoms with Crippen LogP contribution >= 0.6 is 0 Å². The SMILES string of the molecule is CNCC1CCCCN(C)C1c1ccccc1C. The number of nitrogens with one attached hydrogen (secondary N) is 1. The Morgan fingerprint density at radius 3 is 2.78 bits per heavy atom. The van der Waals surface area contributed by atoms with Crippen molar-refractivity contribution in [2.24, 2.45) is 5.92 Å². The van der Waals surface area contributed by atoms with Crippen LogP contribution in [0.25, 0.3) is 0 Å². The summed E-state index contributed by atoms with van der Waals surface area (Å²) in [6.45, 7) is 4.58. The molecule has 1 fully saturated rings. The van der Waals surface area contributed by atoms with Gasteiger partial charge in [-0.3, -0.25) is 4.90 Å². The maximum absolute atomic E-state index is 3.38. The summed E-state index contributed by atoms with van der Waals surface area (Å²) in [4.78, 5) is 2.55. The number of rotatable bonds is 3. The Balaban J connectivity index is 2.31. The van der Waals surface area contributed by atoms with Gasteiger partial charge in [0, 0.05) is 6.04 Å². The summed E-state index contributed by atoms with van der Waals surface area (Å²) in [5.74, 6) is 0.726. The van der Waals surface area contributed by atoms with Gasteiger partial charge in [-0.05, 0) is 64.0 Å². The van der Waals surface area contributed by atoms with Crippen molar-refractivity contribution in [1.82, 2.24) is 10.2 Å². The van der Waals surface area contributed by atoms with Gasteiger partial charge in [-0.25, -0.2) is 0 Å². The van der Waals surface area contributed by atoms with Crippen molar-refractivity contribution in [2.75, 3.05) is 27.2 Å². The Hall–Kier alpha value is -0.860. The summed E-state index contributed by atoms with van der Waals surface area (Å²) in [7, 11) is 4.35. The number of hydrogen-bond donors (Lipinski definition) is 1. The molecule has 0 saturated carbocycles. The largest absolute Gasteiger partial charge is 0.319 e. The minimum atomic E-state index is 0.571. The topological polar surface area (TPSA) is 15.3 Å². The Labute approximate surface area is 111 Å². The summed E-state index contributed by atoms with van der Waals surface area (Å²) >= 11 is 0. The Kier molecular flexibility index (Phi) is 4.79. The average molecular weight is 246 g/mol. The van der Waals surface area contributed by atoms with Gasteiger partial charge in [0.15, 0.2) is 0 Å². The molecular weight excluding hydrogens is 220 g/mol. The van der Waals surface area contributed by atoms with Crippen LogP contribution in [0, 0.1) is 12.8 Å². The fourth-order valence-corrected chi connectivity index (χ4v) is 3.31. The lowest BCUT2D eigenvalue weighted by Gasteiger charge is -2.33. The fraction of sp³-hybridized carbons (Fsp3) is 0.625. The monoisotopic (exact) mass is 246 g/mol. The molecule has 1 aromatic rings. The molecule has 1 aliphatic heterocycles. The van der Waals surface area contributed by atoms with E-state index < -0.39 is 0 Å². The van der Waals surface area contributed by atoms with E-state index in [1.54, 1.807) is 0 Å². The first-order chi connectivity index (χ1) is 8.74. The first-order valence-corrected chi connectivity index (χ1v) is 7.14. The van der Waals surface area contributed by atoms with E-state index >= 15 is 0 Å². The van der Waals surface area contributed by atoms with Crippen molar-refractivity contribution in [2.45, 2.75) is 32.2 Å². The third-order valence-electron chi connectivity index (χ3n) is 4.23. The third kappa shape index (κ3) is 2.93. The molecule has 1 heterocycles. The van der Waals surface area contributed by atoms with E-state index in [2.05, 4.69) is 55.5 Å². The normalized spacial score (nSPS) is 25.9. The molecule has 0 aromatic heterocycles. The zero-order valence-electron chi connectivity index (χ0n) is 11.9. The van der Waals surface area contributed by atoms with E-state index in [1.165, 1.54) is 36.9 Å². The van der Waals surface area contributed by atoms with Crippen LogP contribution in [0.15, 0.2) is 24.3 Å². The Bertz CT molecular complexity index is 375. The molecule has 0 bridgehead atoms. The maximum Gasteiger partial charge on any atom is 0.0387 e.